The number of hydrogen-bond donors (Lipinski definition) is 1. The zero-order valence-electron chi connectivity index (χ0n) is 13.0. The number of benzene rings is 1. The molecule has 5 nitrogen and oxygen atoms in total. The van der Waals surface area contributed by atoms with E-state index in [1.807, 2.05) is 4.90 Å². The van der Waals surface area contributed by atoms with Gasteiger partial charge in [-0.2, -0.15) is 0 Å². The fraction of sp³-hybridized carbons (Fsp3) is 0.353. The number of aliphatic hydroxyl groups excluding tert-OH is 1. The van der Waals surface area contributed by atoms with E-state index >= 15 is 0 Å². The molecule has 0 unspecified atom stereocenters. The van der Waals surface area contributed by atoms with Gasteiger partial charge in [-0.15, -0.1) is 0 Å². The summed E-state index contributed by atoms with van der Waals surface area (Å²) in [4.78, 5) is 16.1. The number of carbonyl (C=O) groups is 1. The lowest BCUT2D eigenvalue weighted by molar-refractivity contribution is 0.0483. The van der Waals surface area contributed by atoms with Crippen molar-refractivity contribution < 1.29 is 18.7 Å². The molecule has 7 heteroatoms. The molecular weight excluding hydrogens is 335 g/mol. The predicted octanol–water partition coefficient (Wildman–Crippen LogP) is 2.56. The first-order valence-electron chi connectivity index (χ1n) is 7.73. The van der Waals surface area contributed by atoms with Gasteiger partial charge in [0, 0.05) is 32.7 Å². The van der Waals surface area contributed by atoms with Crippen LogP contribution in [0.4, 0.5) is 4.39 Å². The fourth-order valence-corrected chi connectivity index (χ4v) is 3.05. The molecule has 1 aliphatic rings. The van der Waals surface area contributed by atoms with Crippen LogP contribution in [0.5, 0.6) is 0 Å². The van der Waals surface area contributed by atoms with Crippen LogP contribution in [0.1, 0.15) is 22.2 Å². The molecule has 2 heterocycles. The van der Waals surface area contributed by atoms with Crippen LogP contribution >= 0.6 is 11.6 Å². The van der Waals surface area contributed by atoms with Crippen molar-refractivity contribution in [3.63, 3.8) is 0 Å². The maximum absolute atomic E-state index is 13.9. The normalized spacial score (nSPS) is 17.0. The first-order chi connectivity index (χ1) is 11.6. The molecule has 0 spiro atoms. The van der Waals surface area contributed by atoms with Crippen molar-refractivity contribution in [1.82, 2.24) is 9.80 Å². The van der Waals surface area contributed by atoms with Crippen LogP contribution in [-0.4, -0.2) is 53.5 Å². The summed E-state index contributed by atoms with van der Waals surface area (Å²) >= 11 is 5.96. The molecule has 1 atom stereocenters. The molecule has 128 valence electrons. The van der Waals surface area contributed by atoms with E-state index in [4.69, 9.17) is 16.0 Å². The molecule has 1 saturated heterocycles. The Balaban J connectivity index is 1.58. The van der Waals surface area contributed by atoms with E-state index in [1.54, 1.807) is 17.0 Å². The Hall–Kier alpha value is -1.89. The van der Waals surface area contributed by atoms with Crippen molar-refractivity contribution in [2.45, 2.75) is 6.10 Å². The SMILES string of the molecule is O=C(c1c(F)cccc1Cl)N1CCN(C[C@@H](O)c2ccco2)CC1. The zero-order valence-corrected chi connectivity index (χ0v) is 13.7. The maximum atomic E-state index is 13.9. The summed E-state index contributed by atoms with van der Waals surface area (Å²) in [5, 5.41) is 10.2. The minimum atomic E-state index is -0.705. The highest BCUT2D eigenvalue weighted by Gasteiger charge is 2.27. The van der Waals surface area contributed by atoms with Crippen molar-refractivity contribution in [3.8, 4) is 0 Å². The molecular formula is C17H18ClFN2O3. The zero-order chi connectivity index (χ0) is 17.1. The van der Waals surface area contributed by atoms with Crippen molar-refractivity contribution in [2.75, 3.05) is 32.7 Å². The Morgan fingerprint density at radius 2 is 2.00 bits per heavy atom. The van der Waals surface area contributed by atoms with Crippen molar-refractivity contribution in [1.29, 1.82) is 0 Å². The maximum Gasteiger partial charge on any atom is 0.258 e. The Kier molecular flexibility index (Phi) is 5.18. The molecule has 1 aliphatic heterocycles. The summed E-state index contributed by atoms with van der Waals surface area (Å²) in [6.45, 7) is 2.52. The van der Waals surface area contributed by atoms with E-state index in [-0.39, 0.29) is 10.6 Å². The van der Waals surface area contributed by atoms with Crippen LogP contribution in [0, 0.1) is 5.82 Å². The number of β-amino-alcohol motifs (C(OH)–C–C–N with tert-alkyl or cyclic N) is 1. The number of halogens is 2. The van der Waals surface area contributed by atoms with Gasteiger partial charge in [0.25, 0.3) is 5.91 Å². The molecule has 24 heavy (non-hydrogen) atoms. The van der Waals surface area contributed by atoms with Crippen LogP contribution < -0.4 is 0 Å². The second-order valence-corrected chi connectivity index (χ2v) is 6.13. The average molecular weight is 353 g/mol. The highest BCUT2D eigenvalue weighted by Crippen LogP contribution is 2.22. The van der Waals surface area contributed by atoms with E-state index in [2.05, 4.69) is 0 Å². The monoisotopic (exact) mass is 352 g/mol. The van der Waals surface area contributed by atoms with Gasteiger partial charge in [-0.3, -0.25) is 9.69 Å². The molecule has 0 radical (unpaired) electrons. The summed E-state index contributed by atoms with van der Waals surface area (Å²) in [6, 6.07) is 7.67. The van der Waals surface area contributed by atoms with Gasteiger partial charge in [0.2, 0.25) is 0 Å². The molecule has 1 aromatic heterocycles. The van der Waals surface area contributed by atoms with E-state index < -0.39 is 17.8 Å². The molecule has 3 rings (SSSR count). The second-order valence-electron chi connectivity index (χ2n) is 5.72. The molecule has 2 aromatic rings. The number of hydrogen-bond acceptors (Lipinski definition) is 4. The minimum absolute atomic E-state index is 0.0803. The van der Waals surface area contributed by atoms with Gasteiger partial charge in [-0.25, -0.2) is 4.39 Å². The number of aliphatic hydroxyl groups is 1. The molecule has 1 N–H and O–H groups in total. The second kappa shape index (κ2) is 7.34. The Morgan fingerprint density at radius 3 is 2.62 bits per heavy atom. The van der Waals surface area contributed by atoms with Gasteiger partial charge in [0.15, 0.2) is 0 Å². The van der Waals surface area contributed by atoms with E-state index in [9.17, 15) is 14.3 Å². The standard InChI is InChI=1S/C17H18ClFN2O3/c18-12-3-1-4-13(19)16(12)17(23)21-8-6-20(7-9-21)11-14(22)15-5-2-10-24-15/h1-5,10,14,22H,6-9,11H2/t14-/m1/s1. The number of rotatable bonds is 4. The summed E-state index contributed by atoms with van der Waals surface area (Å²) < 4.78 is 19.1. The summed E-state index contributed by atoms with van der Waals surface area (Å²) in [6.07, 6.45) is 0.816. The molecule has 0 saturated carbocycles. The lowest BCUT2D eigenvalue weighted by Gasteiger charge is -2.35. The fourth-order valence-electron chi connectivity index (χ4n) is 2.81. The topological polar surface area (TPSA) is 56.9 Å². The van der Waals surface area contributed by atoms with Crippen LogP contribution in [-0.2, 0) is 0 Å². The van der Waals surface area contributed by atoms with Gasteiger partial charge in [-0.1, -0.05) is 17.7 Å². The summed E-state index contributed by atoms with van der Waals surface area (Å²) in [5.41, 5.74) is -0.0803. The third-order valence-corrected chi connectivity index (χ3v) is 4.45. The first-order valence-corrected chi connectivity index (χ1v) is 8.11. The highest BCUT2D eigenvalue weighted by molar-refractivity contribution is 6.33. The highest BCUT2D eigenvalue weighted by atomic mass is 35.5. The van der Waals surface area contributed by atoms with Crippen molar-refractivity contribution >= 4 is 17.5 Å². The van der Waals surface area contributed by atoms with Crippen LogP contribution in [0.2, 0.25) is 5.02 Å². The number of amides is 1. The van der Waals surface area contributed by atoms with Gasteiger partial charge >= 0.3 is 0 Å². The van der Waals surface area contributed by atoms with E-state index in [0.29, 0.717) is 38.5 Å². The Labute approximate surface area is 144 Å². The molecule has 0 aliphatic carbocycles. The molecule has 0 bridgehead atoms. The quantitative estimate of drug-likeness (QED) is 0.918. The Morgan fingerprint density at radius 1 is 1.25 bits per heavy atom. The van der Waals surface area contributed by atoms with E-state index in [1.165, 1.54) is 24.5 Å². The average Bonchev–Trinajstić information content (AvgIpc) is 3.10. The summed E-state index contributed by atoms with van der Waals surface area (Å²) in [5.74, 6) is -0.487. The van der Waals surface area contributed by atoms with Crippen LogP contribution in [0.15, 0.2) is 41.0 Å². The van der Waals surface area contributed by atoms with Gasteiger partial charge in [0.05, 0.1) is 16.8 Å². The summed E-state index contributed by atoms with van der Waals surface area (Å²) in [7, 11) is 0. The third-order valence-electron chi connectivity index (χ3n) is 4.14. The van der Waals surface area contributed by atoms with Gasteiger partial charge < -0.3 is 14.4 Å². The number of nitrogens with zero attached hydrogens (tertiary/aromatic N) is 2. The molecule has 1 aromatic carbocycles. The Bertz CT molecular complexity index is 680. The third kappa shape index (κ3) is 3.61. The lowest BCUT2D eigenvalue weighted by Crippen LogP contribution is -2.49. The largest absolute Gasteiger partial charge is 0.467 e. The van der Waals surface area contributed by atoms with Gasteiger partial charge in [0.1, 0.15) is 17.7 Å². The van der Waals surface area contributed by atoms with Crippen LogP contribution in [0.3, 0.4) is 0 Å². The number of carbonyl (C=O) groups excluding carboxylic acids is 1. The minimum Gasteiger partial charge on any atom is -0.467 e. The van der Waals surface area contributed by atoms with Crippen molar-refractivity contribution in [3.05, 3.63) is 58.8 Å². The number of piperazine rings is 1. The first kappa shape index (κ1) is 17.0. The molecule has 1 fully saturated rings. The number of furan rings is 1. The van der Waals surface area contributed by atoms with Crippen LogP contribution in [0.25, 0.3) is 0 Å². The smallest absolute Gasteiger partial charge is 0.258 e. The van der Waals surface area contributed by atoms with Crippen molar-refractivity contribution in [2.24, 2.45) is 0 Å². The van der Waals surface area contributed by atoms with E-state index in [0.717, 1.165) is 0 Å². The molecule has 1 amide bonds. The lowest BCUT2D eigenvalue weighted by atomic mass is 10.1. The predicted molar refractivity (Wildman–Crippen MR) is 87.4 cm³/mol. The van der Waals surface area contributed by atoms with Gasteiger partial charge in [-0.05, 0) is 24.3 Å².